The van der Waals surface area contributed by atoms with Gasteiger partial charge in [0, 0.05) is 17.6 Å². The first-order chi connectivity index (χ1) is 19.9. The molecule has 0 aliphatic heterocycles. The molecule has 6 nitrogen and oxygen atoms in total. The summed E-state index contributed by atoms with van der Waals surface area (Å²) in [5.74, 6) is 2.52. The van der Waals surface area contributed by atoms with E-state index in [2.05, 4.69) is 92.4 Å². The van der Waals surface area contributed by atoms with E-state index in [0.29, 0.717) is 35.9 Å². The van der Waals surface area contributed by atoms with Gasteiger partial charge in [0.2, 0.25) is 0 Å². The van der Waals surface area contributed by atoms with Crippen molar-refractivity contribution in [2.75, 3.05) is 13.7 Å². The van der Waals surface area contributed by atoms with Gasteiger partial charge in [0.15, 0.2) is 33.3 Å². The van der Waals surface area contributed by atoms with E-state index >= 15 is 0 Å². The minimum absolute atomic E-state index is 0.0970. The largest absolute Gasteiger partial charge is 0.415 e. The Balaban J connectivity index is 1.78. The lowest BCUT2D eigenvalue weighted by molar-refractivity contribution is -0.183. The molecule has 4 fully saturated rings. The van der Waals surface area contributed by atoms with Crippen LogP contribution in [0.5, 0.6) is 0 Å². The van der Waals surface area contributed by atoms with Crippen molar-refractivity contribution in [2.45, 2.75) is 162 Å². The van der Waals surface area contributed by atoms with Crippen LogP contribution in [0.3, 0.4) is 0 Å². The van der Waals surface area contributed by atoms with Gasteiger partial charge in [-0.05, 0) is 159 Å². The van der Waals surface area contributed by atoms with Crippen LogP contribution in [0, 0.1) is 34.5 Å². The second kappa shape index (κ2) is 12.6. The summed E-state index contributed by atoms with van der Waals surface area (Å²) in [4.78, 5) is 5.62. The van der Waals surface area contributed by atoms with Gasteiger partial charge in [-0.2, -0.15) is 0 Å². The molecule has 0 amide bonds. The third-order valence-electron chi connectivity index (χ3n) is 11.5. The van der Waals surface area contributed by atoms with Crippen LogP contribution in [0.4, 0.5) is 0 Å². The Morgan fingerprint density at radius 2 is 1.39 bits per heavy atom. The van der Waals surface area contributed by atoms with Crippen LogP contribution in [0.15, 0.2) is 5.16 Å². The van der Waals surface area contributed by atoms with E-state index in [-0.39, 0.29) is 11.5 Å². The molecule has 0 aromatic rings. The molecule has 44 heavy (non-hydrogen) atoms. The zero-order valence-electron chi connectivity index (χ0n) is 31.3. The number of fused-ring (bicyclic) bond motifs is 5. The van der Waals surface area contributed by atoms with Crippen molar-refractivity contribution < 1.29 is 22.5 Å². The summed E-state index contributed by atoms with van der Waals surface area (Å²) >= 11 is 0. The average Bonchev–Trinajstić information content (AvgIpc) is 3.10. The third-order valence-corrected chi connectivity index (χ3v) is 15.5. The fraction of sp³-hybridized carbons (Fsp3) is 0.971. The predicted octanol–water partition coefficient (Wildman–Crippen LogP) is 9.52. The Labute approximate surface area is 275 Å². The molecular weight excluding hydrogens is 615 g/mol. The van der Waals surface area contributed by atoms with Crippen LogP contribution in [0.1, 0.15) is 65.2 Å². The van der Waals surface area contributed by atoms with Gasteiger partial charge in [-0.3, -0.25) is 0 Å². The molecular formula is C34H69NO5Si4. The van der Waals surface area contributed by atoms with E-state index in [0.717, 1.165) is 24.5 Å². The summed E-state index contributed by atoms with van der Waals surface area (Å²) < 4.78 is 28.2. The SMILES string of the molecule is CO/N=C(\CO[Si](C)(C)C)[C@@]1(O[Si](C)(C)C)CCC2C3CC[C@@H]4C[C@H](O[Si](C)(C)C)CCC4(C)C3C(O[Si](C)(C)C)CC21C. The normalized spacial score (nSPS) is 40.3. The molecule has 4 aliphatic carbocycles. The Morgan fingerprint density at radius 3 is 1.93 bits per heavy atom. The highest BCUT2D eigenvalue weighted by Crippen LogP contribution is 2.70. The van der Waals surface area contributed by atoms with Crippen molar-refractivity contribution >= 4 is 39.0 Å². The minimum Gasteiger partial charge on any atom is -0.415 e. The number of hydrogen-bond acceptors (Lipinski definition) is 6. The van der Waals surface area contributed by atoms with Crippen molar-refractivity contribution in [1.82, 2.24) is 0 Å². The fourth-order valence-corrected chi connectivity index (χ4v) is 14.7. The second-order valence-corrected chi connectivity index (χ2v) is 37.2. The molecule has 4 rings (SSSR count). The zero-order valence-corrected chi connectivity index (χ0v) is 35.3. The maximum Gasteiger partial charge on any atom is 0.185 e. The average molecular weight is 684 g/mol. The minimum atomic E-state index is -1.99. The quantitative estimate of drug-likeness (QED) is 0.123. The summed E-state index contributed by atoms with van der Waals surface area (Å²) in [6, 6.07) is 0. The van der Waals surface area contributed by atoms with E-state index < -0.39 is 38.9 Å². The van der Waals surface area contributed by atoms with Gasteiger partial charge in [0.1, 0.15) is 18.4 Å². The molecule has 4 saturated carbocycles. The summed E-state index contributed by atoms with van der Waals surface area (Å²) in [6.45, 7) is 33.7. The Kier molecular flexibility index (Phi) is 10.6. The molecule has 0 N–H and O–H groups in total. The molecule has 0 radical (unpaired) electrons. The number of rotatable bonds is 11. The van der Waals surface area contributed by atoms with Crippen LogP contribution in [-0.2, 0) is 22.5 Å². The molecule has 0 aromatic heterocycles. The van der Waals surface area contributed by atoms with Crippen LogP contribution in [0.25, 0.3) is 0 Å². The molecule has 0 saturated heterocycles. The first-order valence-corrected chi connectivity index (χ1v) is 31.4. The highest BCUT2D eigenvalue weighted by Gasteiger charge is 2.70. The Morgan fingerprint density at radius 1 is 0.750 bits per heavy atom. The second-order valence-electron chi connectivity index (χ2n) is 19.3. The molecule has 0 spiro atoms. The molecule has 4 aliphatic rings. The highest BCUT2D eigenvalue weighted by molar-refractivity contribution is 6.71. The number of nitrogens with zero attached hydrogens (tertiary/aromatic N) is 1. The monoisotopic (exact) mass is 683 g/mol. The molecule has 0 aromatic carbocycles. The summed E-state index contributed by atoms with van der Waals surface area (Å²) in [5.41, 5.74) is 0.678. The molecule has 10 heteroatoms. The van der Waals surface area contributed by atoms with Gasteiger partial charge in [0.25, 0.3) is 0 Å². The maximum atomic E-state index is 7.50. The zero-order chi connectivity index (χ0) is 33.1. The molecule has 0 heterocycles. The van der Waals surface area contributed by atoms with Crippen LogP contribution < -0.4 is 0 Å². The van der Waals surface area contributed by atoms with Gasteiger partial charge < -0.3 is 22.5 Å². The summed E-state index contributed by atoms with van der Waals surface area (Å²) in [6.07, 6.45) is 10.2. The smallest absolute Gasteiger partial charge is 0.185 e. The number of oxime groups is 1. The topological polar surface area (TPSA) is 58.5 Å². The first kappa shape index (κ1) is 37.0. The van der Waals surface area contributed by atoms with Crippen LogP contribution in [0.2, 0.25) is 78.6 Å². The van der Waals surface area contributed by atoms with Crippen molar-refractivity contribution in [3.8, 4) is 0 Å². The maximum absolute atomic E-state index is 7.50. The lowest BCUT2D eigenvalue weighted by atomic mass is 9.43. The van der Waals surface area contributed by atoms with Gasteiger partial charge in [-0.1, -0.05) is 19.0 Å². The van der Waals surface area contributed by atoms with Crippen molar-refractivity contribution in [3.05, 3.63) is 0 Å². The van der Waals surface area contributed by atoms with Gasteiger partial charge in [0.05, 0.1) is 6.61 Å². The van der Waals surface area contributed by atoms with Crippen LogP contribution >= 0.6 is 0 Å². The lowest BCUT2D eigenvalue weighted by Gasteiger charge is -2.65. The van der Waals surface area contributed by atoms with Gasteiger partial charge in [-0.15, -0.1) is 0 Å². The molecule has 0 bridgehead atoms. The Hall–Kier alpha value is 0.178. The van der Waals surface area contributed by atoms with E-state index in [1.807, 2.05) is 0 Å². The highest BCUT2D eigenvalue weighted by atomic mass is 28.4. The summed E-state index contributed by atoms with van der Waals surface area (Å²) in [5, 5.41) is 4.79. The standard InChI is InChI=1S/C34H69NO5Si4/c1-32-20-18-26(38-42(7,8)9)22-25(32)16-17-27-28-19-21-34(40-44(13,14)15,30(35-36-3)24-37-41(4,5)6)33(28,2)23-29(31(27)32)39-43(10,11)12/h25-29,31H,16-24H2,1-15H3/b35-30+/t25-,26-,27?,28?,29?,31?,32?,33?,34+/m1/s1. The van der Waals surface area contributed by atoms with E-state index in [1.165, 1.54) is 38.5 Å². The van der Waals surface area contributed by atoms with E-state index in [9.17, 15) is 0 Å². The first-order valence-electron chi connectivity index (χ1n) is 17.7. The number of hydrogen-bond donors (Lipinski definition) is 0. The van der Waals surface area contributed by atoms with E-state index in [4.69, 9.17) is 27.7 Å². The van der Waals surface area contributed by atoms with Gasteiger partial charge >= 0.3 is 0 Å². The van der Waals surface area contributed by atoms with E-state index in [1.54, 1.807) is 7.11 Å². The van der Waals surface area contributed by atoms with Crippen molar-refractivity contribution in [3.63, 3.8) is 0 Å². The molecule has 6 unspecified atom stereocenters. The fourth-order valence-electron chi connectivity index (χ4n) is 10.3. The van der Waals surface area contributed by atoms with Crippen molar-refractivity contribution in [2.24, 2.45) is 39.7 Å². The Bertz CT molecular complexity index is 1050. The summed E-state index contributed by atoms with van der Waals surface area (Å²) in [7, 11) is -5.49. The molecule has 256 valence electrons. The third kappa shape index (κ3) is 7.73. The molecule has 9 atom stereocenters. The predicted molar refractivity (Wildman–Crippen MR) is 194 cm³/mol. The van der Waals surface area contributed by atoms with Crippen molar-refractivity contribution in [1.29, 1.82) is 0 Å². The van der Waals surface area contributed by atoms with Crippen LogP contribution in [-0.4, -0.2) is 70.5 Å². The van der Waals surface area contributed by atoms with Gasteiger partial charge in [-0.25, -0.2) is 0 Å². The lowest BCUT2D eigenvalue weighted by Crippen LogP contribution is -2.66.